The normalized spacial score (nSPS) is 15.3. The molecular formula is C15H29N5O6. The van der Waals surface area contributed by atoms with Crippen LogP contribution in [0.15, 0.2) is 0 Å². The Hall–Kier alpha value is -2.24. The minimum atomic E-state index is -1.28. The Balaban J connectivity index is 5.00. The fourth-order valence-electron chi connectivity index (χ4n) is 1.91. The number of aliphatic carboxylic acids is 1. The molecule has 0 radical (unpaired) electrons. The minimum absolute atomic E-state index is 0.223. The van der Waals surface area contributed by atoms with Gasteiger partial charge in [-0.25, -0.2) is 0 Å². The number of rotatable bonds is 12. The molecule has 0 aliphatic carbocycles. The van der Waals surface area contributed by atoms with E-state index in [2.05, 4.69) is 16.0 Å². The summed E-state index contributed by atoms with van der Waals surface area (Å²) < 4.78 is 0. The minimum Gasteiger partial charge on any atom is -0.480 e. The van der Waals surface area contributed by atoms with Gasteiger partial charge in [0, 0.05) is 0 Å². The monoisotopic (exact) mass is 375 g/mol. The Kier molecular flexibility index (Phi) is 11.1. The number of aliphatic hydroxyl groups is 1. The van der Waals surface area contributed by atoms with Crippen LogP contribution >= 0.6 is 0 Å². The highest BCUT2D eigenvalue weighted by molar-refractivity contribution is 5.93. The highest BCUT2D eigenvalue weighted by Crippen LogP contribution is 2.03. The fraction of sp³-hybridized carbons (Fsp3) is 0.733. The summed E-state index contributed by atoms with van der Waals surface area (Å²) in [5, 5.41) is 25.1. The molecule has 0 aliphatic heterocycles. The van der Waals surface area contributed by atoms with E-state index in [0.717, 1.165) is 0 Å². The molecule has 26 heavy (non-hydrogen) atoms. The molecule has 4 unspecified atom stereocenters. The number of aliphatic hydroxyl groups excluding tert-OH is 1. The maximum Gasteiger partial charge on any atom is 0.325 e. The van der Waals surface area contributed by atoms with Gasteiger partial charge in [-0.3, -0.25) is 19.2 Å². The lowest BCUT2D eigenvalue weighted by molar-refractivity contribution is -0.141. The molecule has 0 aliphatic rings. The van der Waals surface area contributed by atoms with E-state index in [1.54, 1.807) is 0 Å². The molecule has 0 aromatic rings. The molecule has 0 heterocycles. The lowest BCUT2D eigenvalue weighted by atomic mass is 10.1. The van der Waals surface area contributed by atoms with Gasteiger partial charge in [0.2, 0.25) is 17.7 Å². The molecule has 11 heteroatoms. The second-order valence-corrected chi connectivity index (χ2v) is 5.95. The van der Waals surface area contributed by atoms with Crippen molar-refractivity contribution < 1.29 is 29.4 Å². The largest absolute Gasteiger partial charge is 0.480 e. The Morgan fingerprint density at radius 3 is 1.92 bits per heavy atom. The number of hydrogen-bond donors (Lipinski definition) is 7. The van der Waals surface area contributed by atoms with Crippen molar-refractivity contribution in [3.8, 4) is 0 Å². The smallest absolute Gasteiger partial charge is 0.325 e. The molecule has 0 bridgehead atoms. The maximum absolute atomic E-state index is 12.3. The summed E-state index contributed by atoms with van der Waals surface area (Å²) >= 11 is 0. The molecule has 9 N–H and O–H groups in total. The molecule has 0 rings (SSSR count). The lowest BCUT2D eigenvalue weighted by Crippen LogP contribution is -2.57. The zero-order valence-electron chi connectivity index (χ0n) is 15.0. The van der Waals surface area contributed by atoms with Crippen molar-refractivity contribution in [3.05, 3.63) is 0 Å². The van der Waals surface area contributed by atoms with Gasteiger partial charge in [-0.1, -0.05) is 0 Å². The van der Waals surface area contributed by atoms with Crippen LogP contribution in [0.25, 0.3) is 0 Å². The second kappa shape index (κ2) is 12.2. The molecular weight excluding hydrogens is 346 g/mol. The fourth-order valence-corrected chi connectivity index (χ4v) is 1.91. The molecule has 0 aromatic heterocycles. The standard InChI is InChI=1S/C15H29N5O6/c1-8(17)12(22)20-11(7-21)14(24)19-10(5-3-4-6-16)13(23)18-9(2)15(25)26/h8-11,21H,3-7,16-17H2,1-2H3,(H,18,23)(H,19,24)(H,20,22)(H,25,26). The number of nitrogens with one attached hydrogen (secondary N) is 3. The van der Waals surface area contributed by atoms with Crippen LogP contribution in [-0.4, -0.2) is 71.2 Å². The summed E-state index contributed by atoms with van der Waals surface area (Å²) in [5.74, 6) is -3.32. The molecule has 150 valence electrons. The molecule has 0 saturated carbocycles. The zero-order valence-corrected chi connectivity index (χ0v) is 15.0. The summed E-state index contributed by atoms with van der Waals surface area (Å²) in [7, 11) is 0. The van der Waals surface area contributed by atoms with E-state index in [0.29, 0.717) is 19.4 Å². The Labute approximate surface area is 151 Å². The Bertz CT molecular complexity index is 499. The van der Waals surface area contributed by atoms with E-state index < -0.39 is 54.5 Å². The van der Waals surface area contributed by atoms with E-state index in [4.69, 9.17) is 16.6 Å². The van der Waals surface area contributed by atoms with Crippen molar-refractivity contribution in [2.75, 3.05) is 13.2 Å². The van der Waals surface area contributed by atoms with E-state index in [1.165, 1.54) is 13.8 Å². The summed E-state index contributed by atoms with van der Waals surface area (Å²) in [5.41, 5.74) is 10.8. The third kappa shape index (κ3) is 8.74. The first-order valence-electron chi connectivity index (χ1n) is 8.34. The van der Waals surface area contributed by atoms with Crippen LogP contribution in [0.3, 0.4) is 0 Å². The van der Waals surface area contributed by atoms with Gasteiger partial charge < -0.3 is 37.6 Å². The van der Waals surface area contributed by atoms with E-state index in [-0.39, 0.29) is 6.42 Å². The lowest BCUT2D eigenvalue weighted by Gasteiger charge is -2.23. The van der Waals surface area contributed by atoms with Crippen molar-refractivity contribution in [1.82, 2.24) is 16.0 Å². The number of carbonyl (C=O) groups excluding carboxylic acids is 3. The van der Waals surface area contributed by atoms with Gasteiger partial charge in [-0.2, -0.15) is 0 Å². The predicted octanol–water partition coefficient (Wildman–Crippen LogP) is -2.99. The molecule has 3 amide bonds. The highest BCUT2D eigenvalue weighted by Gasteiger charge is 2.28. The summed E-state index contributed by atoms with van der Waals surface area (Å²) in [6.07, 6.45) is 1.35. The molecule has 0 fully saturated rings. The molecule has 0 spiro atoms. The molecule has 0 saturated heterocycles. The number of carbonyl (C=O) groups is 4. The van der Waals surface area contributed by atoms with Crippen molar-refractivity contribution >= 4 is 23.7 Å². The van der Waals surface area contributed by atoms with E-state index in [1.807, 2.05) is 0 Å². The average Bonchev–Trinajstić information content (AvgIpc) is 2.57. The van der Waals surface area contributed by atoms with Crippen LogP contribution < -0.4 is 27.4 Å². The topological polar surface area (TPSA) is 197 Å². The third-order valence-corrected chi connectivity index (χ3v) is 3.54. The third-order valence-electron chi connectivity index (χ3n) is 3.54. The van der Waals surface area contributed by atoms with Crippen LogP contribution in [0, 0.1) is 0 Å². The van der Waals surface area contributed by atoms with Gasteiger partial charge in [0.05, 0.1) is 12.6 Å². The zero-order chi connectivity index (χ0) is 20.3. The number of hydrogen-bond acceptors (Lipinski definition) is 7. The van der Waals surface area contributed by atoms with Gasteiger partial charge in [0.15, 0.2) is 0 Å². The number of carboxylic acid groups (broad SMARTS) is 1. The number of carboxylic acids is 1. The highest BCUT2D eigenvalue weighted by atomic mass is 16.4. The van der Waals surface area contributed by atoms with Gasteiger partial charge in [0.25, 0.3) is 0 Å². The predicted molar refractivity (Wildman–Crippen MR) is 92.7 cm³/mol. The van der Waals surface area contributed by atoms with Gasteiger partial charge in [-0.05, 0) is 39.7 Å². The first-order valence-corrected chi connectivity index (χ1v) is 8.34. The summed E-state index contributed by atoms with van der Waals surface area (Å²) in [4.78, 5) is 46.9. The average molecular weight is 375 g/mol. The van der Waals surface area contributed by atoms with Crippen LogP contribution in [-0.2, 0) is 19.2 Å². The number of amides is 3. The van der Waals surface area contributed by atoms with Crippen LogP contribution in [0.2, 0.25) is 0 Å². The van der Waals surface area contributed by atoms with Crippen molar-refractivity contribution in [2.45, 2.75) is 57.3 Å². The van der Waals surface area contributed by atoms with Gasteiger partial charge >= 0.3 is 5.97 Å². The van der Waals surface area contributed by atoms with E-state index >= 15 is 0 Å². The molecule has 11 nitrogen and oxygen atoms in total. The first kappa shape index (κ1) is 23.8. The van der Waals surface area contributed by atoms with Crippen molar-refractivity contribution in [1.29, 1.82) is 0 Å². The summed E-state index contributed by atoms with van der Waals surface area (Å²) in [6.45, 7) is 2.42. The van der Waals surface area contributed by atoms with Crippen LogP contribution in [0.1, 0.15) is 33.1 Å². The van der Waals surface area contributed by atoms with Crippen LogP contribution in [0.4, 0.5) is 0 Å². The Morgan fingerprint density at radius 2 is 1.46 bits per heavy atom. The van der Waals surface area contributed by atoms with Gasteiger partial charge in [0.1, 0.15) is 18.1 Å². The van der Waals surface area contributed by atoms with Gasteiger partial charge in [-0.15, -0.1) is 0 Å². The number of nitrogens with two attached hydrogens (primary N) is 2. The maximum atomic E-state index is 12.3. The Morgan fingerprint density at radius 1 is 0.923 bits per heavy atom. The quantitative estimate of drug-likeness (QED) is 0.175. The van der Waals surface area contributed by atoms with Crippen molar-refractivity contribution in [3.63, 3.8) is 0 Å². The van der Waals surface area contributed by atoms with Crippen molar-refractivity contribution in [2.24, 2.45) is 11.5 Å². The number of unbranched alkanes of at least 4 members (excludes halogenated alkanes) is 1. The first-order chi connectivity index (χ1) is 12.1. The van der Waals surface area contributed by atoms with E-state index in [9.17, 15) is 24.3 Å². The van der Waals surface area contributed by atoms with Crippen LogP contribution in [0.5, 0.6) is 0 Å². The summed E-state index contributed by atoms with van der Waals surface area (Å²) in [6, 6.07) is -4.33. The molecule has 4 atom stereocenters. The SMILES string of the molecule is CC(N)C(=O)NC(CO)C(=O)NC(CCCCN)C(=O)NC(C)C(=O)O. The molecule has 0 aromatic carbocycles. The second-order valence-electron chi connectivity index (χ2n) is 5.95.